The van der Waals surface area contributed by atoms with Crippen molar-refractivity contribution >= 4 is 11.9 Å². The molecule has 0 aromatic carbocycles. The third-order valence-corrected chi connectivity index (χ3v) is 0. The standard InChI is InChI=1S/2C2H4O2.Li.Mn.H/c2*1-2(3)4;;;/h2*1H3,(H,3,4);;;/q;;+1;;-1. The molecule has 0 aliphatic heterocycles. The van der Waals surface area contributed by atoms with E-state index in [1.165, 1.54) is 0 Å². The fourth-order valence-corrected chi connectivity index (χ4v) is 0. The molecule has 0 spiro atoms. The molecule has 10 heavy (non-hydrogen) atoms. The van der Waals surface area contributed by atoms with Crippen molar-refractivity contribution in [3.63, 3.8) is 0 Å². The predicted octanol–water partition coefficient (Wildman–Crippen LogP) is -2.70. The Morgan fingerprint density at radius 2 is 1.10 bits per heavy atom. The van der Waals surface area contributed by atoms with Gasteiger partial charge in [0.25, 0.3) is 11.9 Å². The van der Waals surface area contributed by atoms with Crippen molar-refractivity contribution in [1.29, 1.82) is 0 Å². The summed E-state index contributed by atoms with van der Waals surface area (Å²) in [5, 5.41) is 14.8. The maximum atomic E-state index is 9.00. The molecule has 0 heterocycles. The summed E-state index contributed by atoms with van der Waals surface area (Å²) in [7, 11) is 0. The van der Waals surface area contributed by atoms with Crippen LogP contribution in [-0.2, 0) is 26.7 Å². The van der Waals surface area contributed by atoms with E-state index in [4.69, 9.17) is 19.8 Å². The Morgan fingerprint density at radius 3 is 1.10 bits per heavy atom. The predicted molar refractivity (Wildman–Crippen MR) is 27.7 cm³/mol. The summed E-state index contributed by atoms with van der Waals surface area (Å²) in [6.07, 6.45) is 0. The first-order valence-corrected chi connectivity index (χ1v) is 1.86. The zero-order chi connectivity index (χ0) is 7.15. The van der Waals surface area contributed by atoms with E-state index in [-0.39, 0.29) is 37.4 Å². The van der Waals surface area contributed by atoms with Gasteiger partial charge in [0.15, 0.2) is 0 Å². The summed E-state index contributed by atoms with van der Waals surface area (Å²) in [6, 6.07) is 0. The Labute approximate surface area is 83.1 Å². The summed E-state index contributed by atoms with van der Waals surface area (Å²) in [5.74, 6) is -1.67. The molecule has 0 saturated carbocycles. The van der Waals surface area contributed by atoms with Crippen LogP contribution in [0.1, 0.15) is 15.3 Å². The number of aliphatic carboxylic acids is 2. The maximum absolute atomic E-state index is 9.00. The zero-order valence-electron chi connectivity index (χ0n) is 7.09. The molecule has 0 unspecified atom stereocenters. The van der Waals surface area contributed by atoms with Crippen LogP contribution in [0.3, 0.4) is 0 Å². The van der Waals surface area contributed by atoms with Crippen LogP contribution in [0.5, 0.6) is 0 Å². The van der Waals surface area contributed by atoms with Crippen LogP contribution in [0.15, 0.2) is 0 Å². The first kappa shape index (κ1) is 22.5. The minimum Gasteiger partial charge on any atom is -1.00 e. The van der Waals surface area contributed by atoms with E-state index >= 15 is 0 Å². The topological polar surface area (TPSA) is 74.6 Å². The molecule has 0 amide bonds. The molecule has 4 nitrogen and oxygen atoms in total. The van der Waals surface area contributed by atoms with Crippen molar-refractivity contribution in [2.24, 2.45) is 0 Å². The van der Waals surface area contributed by atoms with Gasteiger partial charge in [-0.05, 0) is 0 Å². The average molecular weight is 183 g/mol. The van der Waals surface area contributed by atoms with E-state index < -0.39 is 11.9 Å². The zero-order valence-corrected chi connectivity index (χ0v) is 7.27. The van der Waals surface area contributed by atoms with Gasteiger partial charge >= 0.3 is 18.9 Å². The molecule has 0 bridgehead atoms. The molecular weight excluding hydrogens is 174 g/mol. The van der Waals surface area contributed by atoms with Gasteiger partial charge in [-0.3, -0.25) is 9.59 Å². The summed E-state index contributed by atoms with van der Waals surface area (Å²) in [4.78, 5) is 18.0. The van der Waals surface area contributed by atoms with E-state index in [0.717, 1.165) is 13.8 Å². The third-order valence-electron chi connectivity index (χ3n) is 0. The van der Waals surface area contributed by atoms with Crippen LogP contribution < -0.4 is 18.9 Å². The van der Waals surface area contributed by atoms with Crippen LogP contribution in [0.2, 0.25) is 0 Å². The molecule has 57 valence electrons. The number of carboxylic acids is 2. The van der Waals surface area contributed by atoms with Crippen molar-refractivity contribution in [2.75, 3.05) is 0 Å². The Hall–Kier alpha value is 0.0569. The van der Waals surface area contributed by atoms with Gasteiger partial charge in [0.05, 0.1) is 0 Å². The Balaban J connectivity index is -0.0000000171. The van der Waals surface area contributed by atoms with Crippen molar-refractivity contribution in [3.05, 3.63) is 0 Å². The molecule has 0 aromatic heterocycles. The summed E-state index contributed by atoms with van der Waals surface area (Å²) >= 11 is 0. The summed E-state index contributed by atoms with van der Waals surface area (Å²) in [5.41, 5.74) is 0. The second kappa shape index (κ2) is 16.0. The van der Waals surface area contributed by atoms with Gasteiger partial charge in [0.2, 0.25) is 0 Å². The number of rotatable bonds is 0. The van der Waals surface area contributed by atoms with E-state index in [1.54, 1.807) is 0 Å². The first-order chi connectivity index (χ1) is 3.46. The first-order valence-electron chi connectivity index (χ1n) is 1.86. The van der Waals surface area contributed by atoms with Crippen LogP contribution in [0.25, 0.3) is 0 Å². The minimum absolute atomic E-state index is 0. The van der Waals surface area contributed by atoms with Crippen LogP contribution in [0.4, 0.5) is 0 Å². The molecule has 0 aromatic rings. The molecule has 0 saturated heterocycles. The average Bonchev–Trinajstić information content (AvgIpc) is 1.25. The normalized spacial score (nSPS) is 5.00. The molecule has 2 N–H and O–H groups in total. The fourth-order valence-electron chi connectivity index (χ4n) is 0. The van der Waals surface area contributed by atoms with Gasteiger partial charge < -0.3 is 11.6 Å². The van der Waals surface area contributed by atoms with Gasteiger partial charge in [0, 0.05) is 30.9 Å². The Morgan fingerprint density at radius 1 is 1.10 bits per heavy atom. The molecule has 1 radical (unpaired) electrons. The monoisotopic (exact) mass is 183 g/mol. The Kier molecular flexibility index (Phi) is 36.0. The SMILES string of the molecule is CC(=O)O.CC(=O)O.[H-].[Li+].[Mn]. The smallest absolute Gasteiger partial charge is 1.00 e. The second-order valence-corrected chi connectivity index (χ2v) is 1.04. The van der Waals surface area contributed by atoms with Gasteiger partial charge in [-0.1, -0.05) is 0 Å². The van der Waals surface area contributed by atoms with Gasteiger partial charge in [-0.2, -0.15) is 0 Å². The number of hydrogen-bond acceptors (Lipinski definition) is 2. The van der Waals surface area contributed by atoms with Crippen molar-refractivity contribution in [1.82, 2.24) is 0 Å². The van der Waals surface area contributed by atoms with E-state index in [1.807, 2.05) is 0 Å². The molecule has 0 atom stereocenters. The van der Waals surface area contributed by atoms with E-state index in [9.17, 15) is 0 Å². The van der Waals surface area contributed by atoms with E-state index in [2.05, 4.69) is 0 Å². The summed E-state index contributed by atoms with van der Waals surface area (Å²) in [6.45, 7) is 2.17. The van der Waals surface area contributed by atoms with Crippen molar-refractivity contribution in [3.8, 4) is 0 Å². The number of hydrogen-bond donors (Lipinski definition) is 2. The maximum Gasteiger partial charge on any atom is 1.00 e. The molecule has 6 heteroatoms. The molecule has 0 aliphatic rings. The van der Waals surface area contributed by atoms with Crippen molar-refractivity contribution < 1.29 is 57.2 Å². The molecule has 0 rings (SSSR count). The van der Waals surface area contributed by atoms with E-state index in [0.29, 0.717) is 0 Å². The van der Waals surface area contributed by atoms with Gasteiger partial charge in [-0.25, -0.2) is 0 Å². The van der Waals surface area contributed by atoms with Crippen molar-refractivity contribution in [2.45, 2.75) is 13.8 Å². The van der Waals surface area contributed by atoms with Gasteiger partial charge in [0.1, 0.15) is 0 Å². The molecular formula is C4H9LiMnO4. The van der Waals surface area contributed by atoms with Crippen LogP contribution >= 0.6 is 0 Å². The molecule has 0 fully saturated rings. The fraction of sp³-hybridized carbons (Fsp3) is 0.500. The van der Waals surface area contributed by atoms with Crippen LogP contribution in [0, 0.1) is 0 Å². The second-order valence-electron chi connectivity index (χ2n) is 1.04. The largest absolute Gasteiger partial charge is 1.00 e. The van der Waals surface area contributed by atoms with Crippen LogP contribution in [-0.4, -0.2) is 22.2 Å². The minimum atomic E-state index is -0.833. The number of carbonyl (C=O) groups is 2. The van der Waals surface area contributed by atoms with Gasteiger partial charge in [-0.15, -0.1) is 0 Å². The third kappa shape index (κ3) is 124000. The quantitative estimate of drug-likeness (QED) is 0.400. The summed E-state index contributed by atoms with van der Waals surface area (Å²) < 4.78 is 0. The Bertz CT molecular complexity index is 80.1. The number of carboxylic acid groups (broad SMARTS) is 2. The molecule has 0 aliphatic carbocycles.